The van der Waals surface area contributed by atoms with E-state index in [2.05, 4.69) is 148 Å². The second-order valence-corrected chi connectivity index (χ2v) is 25.8. The fourth-order valence-corrected chi connectivity index (χ4v) is 10.2. The van der Waals surface area contributed by atoms with Crippen molar-refractivity contribution in [3.63, 3.8) is 0 Å². The highest BCUT2D eigenvalue weighted by Crippen LogP contribution is 2.43. The lowest BCUT2D eigenvalue weighted by atomic mass is 10.0. The maximum absolute atomic E-state index is 13.6. The molecule has 0 rings (SSSR count). The third-order valence-corrected chi connectivity index (χ3v) is 15.8. The van der Waals surface area contributed by atoms with Crippen LogP contribution in [0.3, 0.4) is 0 Å². The fourth-order valence-electron chi connectivity index (χ4n) is 9.46. The monoisotopic (exact) mass is 1220 g/mol. The molecule has 0 bridgehead atoms. The summed E-state index contributed by atoms with van der Waals surface area (Å²) in [7, 11) is 1.46. The van der Waals surface area contributed by atoms with Crippen LogP contribution in [-0.4, -0.2) is 74.3 Å². The number of quaternary nitrogens is 1. The number of hydrogen-bond acceptors (Lipinski definition) is 6. The molecule has 3 atom stereocenters. The molecule has 0 spiro atoms. The first-order valence-electron chi connectivity index (χ1n) is 35.0. The zero-order chi connectivity index (χ0) is 62.8. The van der Waals surface area contributed by atoms with Gasteiger partial charge in [0.1, 0.15) is 19.3 Å². The maximum Gasteiger partial charge on any atom is 0.472 e. The molecule has 2 N–H and O–H groups in total. The van der Waals surface area contributed by atoms with E-state index in [0.717, 1.165) is 148 Å². The van der Waals surface area contributed by atoms with Crippen LogP contribution in [0.2, 0.25) is 0 Å². The van der Waals surface area contributed by atoms with Crippen LogP contribution in [0.5, 0.6) is 0 Å². The molecule has 0 aliphatic carbocycles. The average Bonchev–Trinajstić information content (AvgIpc) is 3.65. The molecule has 0 aliphatic rings. The van der Waals surface area contributed by atoms with Crippen molar-refractivity contribution in [2.24, 2.45) is 0 Å². The SMILES string of the molecule is CC/C=C\C/C=C\C/C=C\C/C=C\C/C=C\C/C=C\CCCCCCCCC(=O)OC(/C=C/CCCCCCCCCCCC)C(COP(=O)(O)OCC[N+](C)(C)C)NC(=O)CCCCCCCCC/C=C\C/C=C\C/C=C\C/C=C\CCCCC. The Morgan fingerprint density at radius 3 is 1.14 bits per heavy atom. The Morgan fingerprint density at radius 2 is 0.744 bits per heavy atom. The van der Waals surface area contributed by atoms with E-state index in [0.29, 0.717) is 23.9 Å². The predicted octanol–water partition coefficient (Wildman–Crippen LogP) is 22.4. The van der Waals surface area contributed by atoms with Gasteiger partial charge in [0.25, 0.3) is 0 Å². The highest BCUT2D eigenvalue weighted by atomic mass is 31.2. The lowest BCUT2D eigenvalue weighted by Gasteiger charge is -2.27. The zero-order valence-electron chi connectivity index (χ0n) is 56.3. The van der Waals surface area contributed by atoms with E-state index in [4.69, 9.17) is 13.8 Å². The smallest absolute Gasteiger partial charge is 0.456 e. The van der Waals surface area contributed by atoms with Gasteiger partial charge in [-0.15, -0.1) is 0 Å². The molecule has 9 nitrogen and oxygen atoms in total. The van der Waals surface area contributed by atoms with Crippen molar-refractivity contribution in [2.45, 2.75) is 296 Å². The van der Waals surface area contributed by atoms with Crippen LogP contribution in [0.1, 0.15) is 284 Å². The van der Waals surface area contributed by atoms with Crippen molar-refractivity contribution in [1.29, 1.82) is 0 Å². The van der Waals surface area contributed by atoms with Crippen molar-refractivity contribution in [3.8, 4) is 0 Å². The van der Waals surface area contributed by atoms with Crippen LogP contribution in [-0.2, 0) is 27.9 Å². The number of unbranched alkanes of at least 4 members (excludes halogenated alkanes) is 26. The molecule has 86 heavy (non-hydrogen) atoms. The van der Waals surface area contributed by atoms with E-state index in [1.54, 1.807) is 0 Å². The van der Waals surface area contributed by atoms with Gasteiger partial charge in [-0.2, -0.15) is 0 Å². The second-order valence-electron chi connectivity index (χ2n) is 24.3. The molecule has 0 aliphatic heterocycles. The van der Waals surface area contributed by atoms with Crippen molar-refractivity contribution in [3.05, 3.63) is 134 Å². The molecular weight excluding hydrogens is 1080 g/mol. The van der Waals surface area contributed by atoms with Gasteiger partial charge in [0, 0.05) is 12.8 Å². The zero-order valence-corrected chi connectivity index (χ0v) is 57.2. The van der Waals surface area contributed by atoms with Gasteiger partial charge in [0.15, 0.2) is 0 Å². The van der Waals surface area contributed by atoms with Gasteiger partial charge in [-0.25, -0.2) is 4.57 Å². The third-order valence-electron chi connectivity index (χ3n) is 14.8. The number of ether oxygens (including phenoxy) is 1. The maximum atomic E-state index is 13.6. The number of carbonyl (C=O) groups is 2. The molecule has 0 heterocycles. The number of esters is 1. The lowest BCUT2D eigenvalue weighted by molar-refractivity contribution is -0.870. The summed E-state index contributed by atoms with van der Waals surface area (Å²) in [4.78, 5) is 37.9. The molecule has 0 fully saturated rings. The Morgan fingerprint density at radius 1 is 0.419 bits per heavy atom. The first-order valence-corrected chi connectivity index (χ1v) is 36.5. The first kappa shape index (κ1) is 82.1. The van der Waals surface area contributed by atoms with Crippen LogP contribution in [0.15, 0.2) is 134 Å². The summed E-state index contributed by atoms with van der Waals surface area (Å²) in [6.07, 6.45) is 91.7. The highest BCUT2D eigenvalue weighted by Gasteiger charge is 2.30. The summed E-state index contributed by atoms with van der Waals surface area (Å²) >= 11 is 0. The number of phosphoric ester groups is 1. The number of rotatable bonds is 62. The quantitative estimate of drug-likeness (QED) is 0.0205. The minimum absolute atomic E-state index is 0.0281. The lowest BCUT2D eigenvalue weighted by Crippen LogP contribution is -2.47. The predicted molar refractivity (Wildman–Crippen MR) is 373 cm³/mol. The van der Waals surface area contributed by atoms with Gasteiger partial charge in [0.2, 0.25) is 5.91 Å². The van der Waals surface area contributed by atoms with Gasteiger partial charge in [-0.1, -0.05) is 277 Å². The summed E-state index contributed by atoms with van der Waals surface area (Å²) in [5, 5.41) is 3.06. The minimum atomic E-state index is -4.47. The molecule has 0 radical (unpaired) electrons. The number of nitrogens with one attached hydrogen (secondary N) is 1. The van der Waals surface area contributed by atoms with Crippen LogP contribution in [0.25, 0.3) is 0 Å². The Balaban J connectivity index is 5.18. The van der Waals surface area contributed by atoms with Gasteiger partial charge in [0.05, 0.1) is 33.8 Å². The number of hydrogen-bond donors (Lipinski definition) is 2. The Bertz CT molecular complexity index is 1930. The van der Waals surface area contributed by atoms with Crippen LogP contribution >= 0.6 is 7.82 Å². The van der Waals surface area contributed by atoms with E-state index in [1.165, 1.54) is 96.3 Å². The molecule has 492 valence electrons. The Labute approximate surface area is 530 Å². The summed E-state index contributed by atoms with van der Waals surface area (Å²) in [6, 6.07) is -0.872. The molecule has 0 saturated heterocycles. The van der Waals surface area contributed by atoms with Crippen molar-refractivity contribution >= 4 is 19.7 Å². The summed E-state index contributed by atoms with van der Waals surface area (Å²) < 4.78 is 30.8. The number of allylic oxidation sites excluding steroid dienone is 21. The molecule has 0 aromatic carbocycles. The van der Waals surface area contributed by atoms with Crippen molar-refractivity contribution < 1.29 is 37.3 Å². The standard InChI is InChI=1S/C76H131N2O7P/c1-7-10-13-16-19-22-25-28-30-32-34-36-38-39-41-43-45-47-49-51-54-57-60-63-66-69-76(80)85-74(67-64-61-58-55-52-27-24-21-18-15-12-9-3)73(72-84-86(81,82)83-71-70-78(4,5)6)77-75(79)68-65-62-59-56-53-50-48-46-44-42-40-37-35-33-31-29-26-23-20-17-14-11-8-2/h10,13,19-20,22-23,28-31,34-37,39,41-42,44-45,47,64,67,73-74H,7-9,11-12,14-18,21,24-27,32-33,38,40,43,46,48-63,65-66,68-72H2,1-6H3,(H-,77,79,81,82)/p+1/b13-10-,22-19-,23-20-,30-28-,31-29-,36-34-,37-35-,41-39-,44-42-,47-45-,67-64+. The van der Waals surface area contributed by atoms with E-state index in [-0.39, 0.29) is 31.5 Å². The minimum Gasteiger partial charge on any atom is -0.456 e. The average molecular weight is 1220 g/mol. The summed E-state index contributed by atoms with van der Waals surface area (Å²) in [5.74, 6) is -0.539. The molecule has 3 unspecified atom stereocenters. The van der Waals surface area contributed by atoms with Crippen molar-refractivity contribution in [1.82, 2.24) is 5.32 Å². The number of carbonyl (C=O) groups excluding carboxylic acids is 2. The van der Waals surface area contributed by atoms with Crippen LogP contribution in [0, 0.1) is 0 Å². The van der Waals surface area contributed by atoms with Crippen LogP contribution in [0.4, 0.5) is 0 Å². The van der Waals surface area contributed by atoms with Gasteiger partial charge >= 0.3 is 13.8 Å². The molecule has 0 aromatic rings. The Hall–Kier alpha value is -3.85. The topological polar surface area (TPSA) is 111 Å². The third kappa shape index (κ3) is 64.6. The molecule has 10 heteroatoms. The molecule has 1 amide bonds. The number of phosphoric acid groups is 1. The molecular formula is C76H132N2O7P+. The van der Waals surface area contributed by atoms with E-state index in [1.807, 2.05) is 33.3 Å². The van der Waals surface area contributed by atoms with Gasteiger partial charge < -0.3 is 19.4 Å². The van der Waals surface area contributed by atoms with Crippen LogP contribution < -0.4 is 5.32 Å². The number of nitrogens with zero attached hydrogens (tertiary/aromatic N) is 1. The largest absolute Gasteiger partial charge is 0.472 e. The van der Waals surface area contributed by atoms with Crippen molar-refractivity contribution in [2.75, 3.05) is 40.9 Å². The summed E-state index contributed by atoms with van der Waals surface area (Å²) in [6.45, 7) is 6.85. The fraction of sp³-hybridized carbons (Fsp3) is 0.684. The van der Waals surface area contributed by atoms with E-state index >= 15 is 0 Å². The number of amides is 1. The van der Waals surface area contributed by atoms with E-state index < -0.39 is 20.0 Å². The van der Waals surface area contributed by atoms with E-state index in [9.17, 15) is 19.0 Å². The van der Waals surface area contributed by atoms with Gasteiger partial charge in [-0.05, 0) is 128 Å². The first-order chi connectivity index (χ1) is 41.9. The molecule has 0 saturated carbocycles. The molecule has 0 aromatic heterocycles. The Kier molecular flexibility index (Phi) is 61.3. The highest BCUT2D eigenvalue weighted by molar-refractivity contribution is 7.47. The normalized spacial score (nSPS) is 14.4. The summed E-state index contributed by atoms with van der Waals surface area (Å²) in [5.41, 5.74) is 0. The number of likely N-dealkylation sites (N-methyl/N-ethyl adjacent to an activating group) is 1. The van der Waals surface area contributed by atoms with Gasteiger partial charge in [-0.3, -0.25) is 18.6 Å². The second kappa shape index (κ2) is 64.1.